The summed E-state index contributed by atoms with van der Waals surface area (Å²) in [6, 6.07) is 0. The number of hydrogen-bond acceptors (Lipinski definition) is 15. The minimum absolute atomic E-state index is 0.102. The van der Waals surface area contributed by atoms with Crippen LogP contribution >= 0.6 is 15.6 Å². The average molecular weight is 1240 g/mol. The Morgan fingerprint density at radius 3 is 0.905 bits per heavy atom. The van der Waals surface area contributed by atoms with Gasteiger partial charge in [0.15, 0.2) is 12.2 Å². The van der Waals surface area contributed by atoms with E-state index >= 15 is 0 Å². The SMILES string of the molecule is CCCCCCCCCCCCCCCC(=O)OC[C@H](COP(=O)(O)OC[C@@H](O)COP(=O)(O)OC[C@@H](COC(=O)CCCCCCCCC)OC(=O)CCCCCCCCC(C)CC)OC(=O)CCCCCCCCCCCCCC(C)C. The number of rotatable bonds is 64. The van der Waals surface area contributed by atoms with Gasteiger partial charge in [-0.2, -0.15) is 0 Å². The third kappa shape index (κ3) is 57.8. The van der Waals surface area contributed by atoms with Crippen molar-refractivity contribution in [1.29, 1.82) is 0 Å². The number of phosphoric acid groups is 2. The second-order valence-corrected chi connectivity index (χ2v) is 27.1. The highest BCUT2D eigenvalue weighted by molar-refractivity contribution is 7.47. The molecule has 3 N–H and O–H groups in total. The first-order valence-electron chi connectivity index (χ1n) is 34.0. The Labute approximate surface area is 511 Å². The number of unbranched alkanes of at least 4 members (excludes halogenated alkanes) is 33. The molecule has 0 aliphatic rings. The molecule has 0 aromatic rings. The molecule has 0 aliphatic carbocycles. The van der Waals surface area contributed by atoms with E-state index in [2.05, 4.69) is 41.5 Å². The maximum Gasteiger partial charge on any atom is 0.472 e. The van der Waals surface area contributed by atoms with E-state index in [1.165, 1.54) is 128 Å². The van der Waals surface area contributed by atoms with Crippen molar-refractivity contribution in [2.75, 3.05) is 39.6 Å². The summed E-state index contributed by atoms with van der Waals surface area (Å²) in [5.74, 6) is -0.652. The van der Waals surface area contributed by atoms with Crippen LogP contribution in [0.2, 0.25) is 0 Å². The number of phosphoric ester groups is 2. The van der Waals surface area contributed by atoms with Gasteiger partial charge in [-0.1, -0.05) is 273 Å². The van der Waals surface area contributed by atoms with E-state index in [1.54, 1.807) is 0 Å². The molecule has 0 radical (unpaired) electrons. The van der Waals surface area contributed by atoms with Crippen LogP contribution in [0.15, 0.2) is 0 Å². The number of aliphatic hydroxyl groups is 1. The molecule has 0 aromatic heterocycles. The number of ether oxygens (including phenoxy) is 4. The Morgan fingerprint density at radius 1 is 0.345 bits per heavy atom. The second kappa shape index (κ2) is 57.5. The summed E-state index contributed by atoms with van der Waals surface area (Å²) in [6.07, 6.45) is 40.4. The first kappa shape index (κ1) is 82.1. The fourth-order valence-corrected chi connectivity index (χ4v) is 11.3. The van der Waals surface area contributed by atoms with Gasteiger partial charge in [0.2, 0.25) is 0 Å². The molecule has 0 fully saturated rings. The van der Waals surface area contributed by atoms with Crippen molar-refractivity contribution in [2.45, 2.75) is 342 Å². The van der Waals surface area contributed by atoms with Crippen LogP contribution in [0.5, 0.6) is 0 Å². The molecule has 84 heavy (non-hydrogen) atoms. The van der Waals surface area contributed by atoms with Crippen LogP contribution in [0.1, 0.15) is 324 Å². The average Bonchev–Trinajstić information content (AvgIpc) is 3.46. The van der Waals surface area contributed by atoms with Gasteiger partial charge < -0.3 is 33.8 Å². The van der Waals surface area contributed by atoms with E-state index in [4.69, 9.17) is 37.0 Å². The number of carbonyl (C=O) groups excluding carboxylic acids is 4. The predicted molar refractivity (Wildman–Crippen MR) is 335 cm³/mol. The molecule has 0 aromatic carbocycles. The summed E-state index contributed by atoms with van der Waals surface area (Å²) in [4.78, 5) is 72.2. The minimum atomic E-state index is -4.95. The Kier molecular flexibility index (Phi) is 56.2. The lowest BCUT2D eigenvalue weighted by molar-refractivity contribution is -0.161. The van der Waals surface area contributed by atoms with Crippen molar-refractivity contribution in [2.24, 2.45) is 11.8 Å². The van der Waals surface area contributed by atoms with Crippen LogP contribution in [0.3, 0.4) is 0 Å². The van der Waals surface area contributed by atoms with Crippen LogP contribution in [0, 0.1) is 11.8 Å². The molecule has 0 saturated carbocycles. The summed E-state index contributed by atoms with van der Waals surface area (Å²) >= 11 is 0. The molecule has 0 heterocycles. The number of hydrogen-bond donors (Lipinski definition) is 3. The van der Waals surface area contributed by atoms with Crippen LogP contribution in [-0.4, -0.2) is 96.7 Å². The summed E-state index contributed by atoms with van der Waals surface area (Å²) in [7, 11) is -9.89. The molecule has 0 bridgehead atoms. The molecule has 0 aliphatic heterocycles. The van der Waals surface area contributed by atoms with Crippen molar-refractivity contribution in [3.05, 3.63) is 0 Å². The molecule has 17 nitrogen and oxygen atoms in total. The molecule has 19 heteroatoms. The Hall–Kier alpha value is -1.94. The van der Waals surface area contributed by atoms with Crippen LogP contribution < -0.4 is 0 Å². The lowest BCUT2D eigenvalue weighted by Crippen LogP contribution is -2.30. The van der Waals surface area contributed by atoms with Crippen molar-refractivity contribution >= 4 is 39.5 Å². The number of esters is 4. The molecule has 0 saturated heterocycles. The van der Waals surface area contributed by atoms with E-state index in [0.29, 0.717) is 25.7 Å². The predicted octanol–water partition coefficient (Wildman–Crippen LogP) is 18.0. The first-order valence-corrected chi connectivity index (χ1v) is 37.0. The third-order valence-corrected chi connectivity index (χ3v) is 17.2. The third-order valence-electron chi connectivity index (χ3n) is 15.3. The second-order valence-electron chi connectivity index (χ2n) is 24.2. The highest BCUT2D eigenvalue weighted by Gasteiger charge is 2.30. The minimum Gasteiger partial charge on any atom is -0.462 e. The molecule has 6 atom stereocenters. The van der Waals surface area contributed by atoms with Crippen molar-refractivity contribution in [3.8, 4) is 0 Å². The number of carbonyl (C=O) groups is 4. The zero-order chi connectivity index (χ0) is 62.2. The molecule has 3 unspecified atom stereocenters. The fourth-order valence-electron chi connectivity index (χ4n) is 9.68. The van der Waals surface area contributed by atoms with Gasteiger partial charge in [0, 0.05) is 25.7 Å². The van der Waals surface area contributed by atoms with E-state index in [-0.39, 0.29) is 25.7 Å². The molecular formula is C65H126O17P2. The zero-order valence-electron chi connectivity index (χ0n) is 54.2. The fraction of sp³-hybridized carbons (Fsp3) is 0.938. The van der Waals surface area contributed by atoms with Crippen molar-refractivity contribution < 1.29 is 80.2 Å². The van der Waals surface area contributed by atoms with E-state index < -0.39 is 97.5 Å². The topological polar surface area (TPSA) is 237 Å². The highest BCUT2D eigenvalue weighted by Crippen LogP contribution is 2.45. The standard InChI is InChI=1S/C65H126O17P2/c1-7-10-12-14-16-17-18-19-22-25-29-36-42-48-63(68)76-54-60(81-64(69)49-43-37-30-26-23-20-21-24-28-33-39-45-57(4)5)55-79-83(71,72)77-51-59(66)52-78-84(73,74)80-56-61(53-75-62(67)47-41-35-27-15-13-11-8-2)82-65(70)50-44-38-32-31-34-40-46-58(6)9-3/h57-61,66H,7-56H2,1-6H3,(H,71,72)(H,73,74)/t58?,59-,60-,61-/m1/s1. The molecular weight excluding hydrogens is 1110 g/mol. The van der Waals surface area contributed by atoms with Crippen LogP contribution in [0.4, 0.5) is 0 Å². The lowest BCUT2D eigenvalue weighted by Gasteiger charge is -2.21. The quantitative estimate of drug-likeness (QED) is 0.0222. The van der Waals surface area contributed by atoms with Crippen LogP contribution in [0.25, 0.3) is 0 Å². The largest absolute Gasteiger partial charge is 0.472 e. The van der Waals surface area contributed by atoms with Gasteiger partial charge in [0.05, 0.1) is 26.4 Å². The smallest absolute Gasteiger partial charge is 0.462 e. The number of aliphatic hydroxyl groups excluding tert-OH is 1. The lowest BCUT2D eigenvalue weighted by atomic mass is 10.00. The maximum absolute atomic E-state index is 13.0. The molecule has 0 amide bonds. The molecule has 0 rings (SSSR count). The first-order chi connectivity index (χ1) is 40.4. The highest BCUT2D eigenvalue weighted by atomic mass is 31.2. The normalized spacial score (nSPS) is 14.6. The van der Waals surface area contributed by atoms with Gasteiger partial charge in [-0.15, -0.1) is 0 Å². The summed E-state index contributed by atoms with van der Waals surface area (Å²) in [5, 5.41) is 10.5. The van der Waals surface area contributed by atoms with E-state index in [1.807, 2.05) is 0 Å². The summed E-state index contributed by atoms with van der Waals surface area (Å²) in [6.45, 7) is 9.42. The van der Waals surface area contributed by atoms with Gasteiger partial charge in [-0.05, 0) is 37.5 Å². The van der Waals surface area contributed by atoms with Gasteiger partial charge in [-0.3, -0.25) is 37.3 Å². The van der Waals surface area contributed by atoms with Crippen molar-refractivity contribution in [3.63, 3.8) is 0 Å². The monoisotopic (exact) mass is 1240 g/mol. The Bertz CT molecular complexity index is 1650. The Balaban J connectivity index is 5.22. The van der Waals surface area contributed by atoms with Gasteiger partial charge >= 0.3 is 39.5 Å². The molecule has 498 valence electrons. The van der Waals surface area contributed by atoms with Crippen molar-refractivity contribution in [1.82, 2.24) is 0 Å². The van der Waals surface area contributed by atoms with Gasteiger partial charge in [0.25, 0.3) is 0 Å². The Morgan fingerprint density at radius 2 is 0.607 bits per heavy atom. The maximum atomic E-state index is 13.0. The zero-order valence-corrected chi connectivity index (χ0v) is 56.0. The van der Waals surface area contributed by atoms with Crippen LogP contribution in [-0.2, 0) is 65.4 Å². The van der Waals surface area contributed by atoms with E-state index in [9.17, 15) is 43.2 Å². The summed E-state index contributed by atoms with van der Waals surface area (Å²) < 4.78 is 68.0. The molecule has 0 spiro atoms. The van der Waals surface area contributed by atoms with Gasteiger partial charge in [0.1, 0.15) is 19.3 Å². The summed E-state index contributed by atoms with van der Waals surface area (Å²) in [5.41, 5.74) is 0. The van der Waals surface area contributed by atoms with Gasteiger partial charge in [-0.25, -0.2) is 9.13 Å². The van der Waals surface area contributed by atoms with E-state index in [0.717, 1.165) is 115 Å².